The van der Waals surface area contributed by atoms with Crippen LogP contribution in [0.1, 0.15) is 60.3 Å². The van der Waals surface area contributed by atoms with Gasteiger partial charge in [-0.05, 0) is 47.5 Å². The molecule has 8 nitrogen and oxygen atoms in total. The molecule has 1 amide bonds. The van der Waals surface area contributed by atoms with Crippen molar-refractivity contribution < 1.29 is 36.3 Å². The van der Waals surface area contributed by atoms with Crippen LogP contribution in [0.5, 0.6) is 0 Å². The third-order valence-electron chi connectivity index (χ3n) is 5.67. The van der Waals surface area contributed by atoms with Crippen LogP contribution in [-0.2, 0) is 23.9 Å². The summed E-state index contributed by atoms with van der Waals surface area (Å²) in [4.78, 5) is 45.7. The van der Waals surface area contributed by atoms with Gasteiger partial charge in [0, 0.05) is 17.8 Å². The minimum Gasteiger partial charge on any atom is -1.00 e. The monoisotopic (exact) mass is 474 g/mol. The van der Waals surface area contributed by atoms with Gasteiger partial charge in [-0.2, -0.15) is 0 Å². The average molecular weight is 475 g/mol. The van der Waals surface area contributed by atoms with Crippen molar-refractivity contribution in [3.8, 4) is 0 Å². The van der Waals surface area contributed by atoms with Crippen molar-refractivity contribution in [2.45, 2.75) is 82.5 Å². The van der Waals surface area contributed by atoms with E-state index in [0.717, 1.165) is 25.9 Å². The van der Waals surface area contributed by atoms with Gasteiger partial charge < -0.3 is 31.7 Å². The van der Waals surface area contributed by atoms with Crippen LogP contribution in [-0.4, -0.2) is 76.1 Å². The first kappa shape index (κ1) is 25.8. The van der Waals surface area contributed by atoms with Crippen LogP contribution in [0.25, 0.3) is 0 Å². The molecule has 0 aromatic carbocycles. The molecule has 3 rings (SSSR count). The van der Waals surface area contributed by atoms with E-state index in [1.165, 1.54) is 12.8 Å². The Morgan fingerprint density at radius 2 is 1.77 bits per heavy atom. The zero-order valence-corrected chi connectivity index (χ0v) is 20.5. The van der Waals surface area contributed by atoms with E-state index in [4.69, 9.17) is 9.47 Å². The second kappa shape index (κ2) is 9.98. The molecule has 0 spiro atoms. The highest BCUT2D eigenvalue weighted by molar-refractivity contribution is 8.01. The molecule has 3 aliphatic rings. The van der Waals surface area contributed by atoms with Crippen LogP contribution in [0.3, 0.4) is 0 Å². The highest BCUT2D eigenvalue weighted by atomic mass is 35.5. The number of hydrogen-bond acceptors (Lipinski definition) is 7. The standard InChI is InChI=1S/C21H33N3O5S.ClH/c1-20(2,3)19(27)29-13-28-18(26)15-21(4,5)30-17-14(16(25)24(15)17)22-12-23-10-8-6-7-9-11-23;/h12,14-15,17H,6-11,13H2,1-5H3;1H/p-1. The van der Waals surface area contributed by atoms with Gasteiger partial charge in [0.15, 0.2) is 6.04 Å². The van der Waals surface area contributed by atoms with E-state index in [-0.39, 0.29) is 23.7 Å². The number of likely N-dealkylation sites (tertiary alicyclic amines) is 1. The lowest BCUT2D eigenvalue weighted by Crippen LogP contribution is -3.00. The number of rotatable bonds is 5. The van der Waals surface area contributed by atoms with Crippen LogP contribution in [0.15, 0.2) is 4.99 Å². The van der Waals surface area contributed by atoms with Gasteiger partial charge in [0.05, 0.1) is 11.8 Å². The van der Waals surface area contributed by atoms with Crippen molar-refractivity contribution in [3.63, 3.8) is 0 Å². The first-order chi connectivity index (χ1) is 14.0. The van der Waals surface area contributed by atoms with E-state index >= 15 is 0 Å². The van der Waals surface area contributed by atoms with Crippen LogP contribution < -0.4 is 12.4 Å². The molecule has 176 valence electrons. The quantitative estimate of drug-likeness (QED) is 0.173. The Morgan fingerprint density at radius 3 is 2.35 bits per heavy atom. The molecule has 0 aromatic heterocycles. The number of nitrogens with zero attached hydrogens (tertiary/aromatic N) is 3. The lowest BCUT2D eigenvalue weighted by atomic mass is 9.96. The number of β-lactam (4-membered cyclic amide) rings is 1. The maximum Gasteiger partial charge on any atom is 0.333 e. The molecule has 0 radical (unpaired) electrons. The number of aliphatic imine (C=N–C) groups is 1. The fourth-order valence-electron chi connectivity index (χ4n) is 3.92. The summed E-state index contributed by atoms with van der Waals surface area (Å²) in [6.07, 6.45) is 6.59. The Kier molecular flexibility index (Phi) is 8.30. The summed E-state index contributed by atoms with van der Waals surface area (Å²) >= 11 is 1.56. The highest BCUT2D eigenvalue weighted by Crippen LogP contribution is 2.51. The Labute approximate surface area is 194 Å². The van der Waals surface area contributed by atoms with Crippen molar-refractivity contribution >= 4 is 35.9 Å². The van der Waals surface area contributed by atoms with Gasteiger partial charge in [0.2, 0.25) is 6.79 Å². The molecule has 0 saturated carbocycles. The number of carbonyl (C=O) groups is 3. The average Bonchev–Trinajstić information content (AvgIpc) is 2.80. The number of carbonyl (C=O) groups excluding carboxylic acids is 3. The first-order valence-electron chi connectivity index (χ1n) is 10.6. The van der Waals surface area contributed by atoms with E-state index in [2.05, 4.69) is 9.89 Å². The topological polar surface area (TPSA) is 88.5 Å². The summed E-state index contributed by atoms with van der Waals surface area (Å²) in [7, 11) is 0. The number of amides is 1. The number of ether oxygens (including phenoxy) is 2. The van der Waals surface area contributed by atoms with Crippen molar-refractivity contribution in [2.24, 2.45) is 10.4 Å². The zero-order chi connectivity index (χ0) is 22.1. The summed E-state index contributed by atoms with van der Waals surface area (Å²) in [5.74, 6) is -1.16. The molecule has 0 aliphatic carbocycles. The maximum absolute atomic E-state index is 12.8. The molecule has 3 unspecified atom stereocenters. The summed E-state index contributed by atoms with van der Waals surface area (Å²) in [5.41, 5.74) is -0.675. The SMILES string of the molecule is CC(C)(C)C(=O)OCOC(=O)C1N2C(=O)C(N=CN3CCCCCC3)C2SC1(C)C.[Cl-]. The molecule has 3 saturated heterocycles. The molecule has 31 heavy (non-hydrogen) atoms. The van der Waals surface area contributed by atoms with Gasteiger partial charge in [0.1, 0.15) is 11.4 Å². The second-order valence-corrected chi connectivity index (χ2v) is 11.5. The minimum absolute atomic E-state index is 0. The lowest BCUT2D eigenvalue weighted by Gasteiger charge is -2.41. The number of esters is 2. The molecule has 10 heteroatoms. The van der Waals surface area contributed by atoms with Gasteiger partial charge in [-0.1, -0.05) is 12.8 Å². The Balaban J connectivity index is 0.00000341. The van der Waals surface area contributed by atoms with Crippen LogP contribution in [0.2, 0.25) is 0 Å². The molecule has 0 aromatic rings. The summed E-state index contributed by atoms with van der Waals surface area (Å²) in [6, 6.07) is -1.19. The Bertz CT molecular complexity index is 716. The number of thioether (sulfide) groups is 1. The van der Waals surface area contributed by atoms with Gasteiger partial charge in [-0.3, -0.25) is 14.6 Å². The van der Waals surface area contributed by atoms with Gasteiger partial charge in [-0.15, -0.1) is 11.8 Å². The van der Waals surface area contributed by atoms with Crippen molar-refractivity contribution in [3.05, 3.63) is 0 Å². The Morgan fingerprint density at radius 1 is 1.16 bits per heavy atom. The van der Waals surface area contributed by atoms with Crippen LogP contribution >= 0.6 is 11.8 Å². The fraction of sp³-hybridized carbons (Fsp3) is 0.810. The van der Waals surface area contributed by atoms with Crippen molar-refractivity contribution in [2.75, 3.05) is 19.9 Å². The van der Waals surface area contributed by atoms with E-state index in [9.17, 15) is 14.4 Å². The predicted octanol–water partition coefficient (Wildman–Crippen LogP) is -0.584. The zero-order valence-electron chi connectivity index (χ0n) is 18.9. The molecule has 0 N–H and O–H groups in total. The molecular weight excluding hydrogens is 442 g/mol. The van der Waals surface area contributed by atoms with E-state index in [1.807, 2.05) is 20.2 Å². The smallest absolute Gasteiger partial charge is 0.333 e. The largest absolute Gasteiger partial charge is 1.00 e. The maximum atomic E-state index is 12.8. The summed E-state index contributed by atoms with van der Waals surface area (Å²) in [6.45, 7) is 10.5. The fourth-order valence-corrected chi connectivity index (χ4v) is 5.54. The molecule has 3 atom stereocenters. The van der Waals surface area contributed by atoms with Crippen LogP contribution in [0.4, 0.5) is 0 Å². The number of hydrogen-bond donors (Lipinski definition) is 0. The minimum atomic E-state index is -0.724. The molecular formula is C21H33ClN3O5S-. The highest BCUT2D eigenvalue weighted by Gasteiger charge is 2.64. The molecule has 3 fully saturated rings. The van der Waals surface area contributed by atoms with Crippen molar-refractivity contribution in [1.82, 2.24) is 9.80 Å². The van der Waals surface area contributed by atoms with Gasteiger partial charge in [0.25, 0.3) is 5.91 Å². The second-order valence-electron chi connectivity index (χ2n) is 9.68. The first-order valence-corrected chi connectivity index (χ1v) is 11.5. The van der Waals surface area contributed by atoms with E-state index in [1.54, 1.807) is 37.4 Å². The summed E-state index contributed by atoms with van der Waals surface area (Å²) < 4.78 is 9.71. The third-order valence-corrected chi connectivity index (χ3v) is 7.23. The number of fused-ring (bicyclic) bond motifs is 1. The lowest BCUT2D eigenvalue weighted by molar-refractivity contribution is -0.179. The van der Waals surface area contributed by atoms with Crippen LogP contribution in [0, 0.1) is 5.41 Å². The molecule has 3 aliphatic heterocycles. The number of halogens is 1. The van der Waals surface area contributed by atoms with Crippen molar-refractivity contribution in [1.29, 1.82) is 0 Å². The van der Waals surface area contributed by atoms with E-state index in [0.29, 0.717) is 0 Å². The normalized spacial score (nSPS) is 27.8. The molecule has 0 bridgehead atoms. The van der Waals surface area contributed by atoms with Gasteiger partial charge in [-0.25, -0.2) is 4.79 Å². The predicted molar refractivity (Wildman–Crippen MR) is 115 cm³/mol. The van der Waals surface area contributed by atoms with Gasteiger partial charge >= 0.3 is 11.9 Å². The third kappa shape index (κ3) is 5.66. The molecule has 3 heterocycles. The summed E-state index contributed by atoms with van der Waals surface area (Å²) in [5, 5.41) is -0.176. The van der Waals surface area contributed by atoms with E-state index < -0.39 is 41.0 Å². The Hall–Kier alpha value is -1.48.